The molecular formula is C21H27FN2S2+2. The molecule has 0 spiro atoms. The van der Waals surface area contributed by atoms with Crippen molar-refractivity contribution in [2.75, 3.05) is 39.0 Å². The Morgan fingerprint density at radius 2 is 1.88 bits per heavy atom. The normalized spacial score (nSPS) is 25.3. The third-order valence-corrected chi connectivity index (χ3v) is 7.65. The fraction of sp³-hybridized carbons (Fsp3) is 0.429. The van der Waals surface area contributed by atoms with E-state index in [0.29, 0.717) is 6.04 Å². The number of hydrogen-bond donors (Lipinski definition) is 2. The second-order valence-corrected chi connectivity index (χ2v) is 9.78. The molecule has 4 rings (SSSR count). The van der Waals surface area contributed by atoms with E-state index in [9.17, 15) is 4.39 Å². The lowest BCUT2D eigenvalue weighted by atomic mass is 9.96. The van der Waals surface area contributed by atoms with Gasteiger partial charge in [-0.05, 0) is 41.6 Å². The lowest BCUT2D eigenvalue weighted by molar-refractivity contribution is -1.02. The fourth-order valence-electron chi connectivity index (χ4n) is 4.10. The summed E-state index contributed by atoms with van der Waals surface area (Å²) in [6.07, 6.45) is 1.00. The molecule has 1 saturated heterocycles. The number of hydrogen-bond acceptors (Lipinski definition) is 2. The van der Waals surface area contributed by atoms with E-state index in [1.807, 2.05) is 17.8 Å². The summed E-state index contributed by atoms with van der Waals surface area (Å²) in [5, 5.41) is 0. The van der Waals surface area contributed by atoms with Crippen LogP contribution in [0.2, 0.25) is 0 Å². The first-order valence-corrected chi connectivity index (χ1v) is 11.3. The molecule has 0 unspecified atom stereocenters. The van der Waals surface area contributed by atoms with Gasteiger partial charge >= 0.3 is 0 Å². The van der Waals surface area contributed by atoms with Crippen LogP contribution in [-0.4, -0.2) is 39.0 Å². The molecule has 2 nitrogen and oxygen atoms in total. The molecule has 0 amide bonds. The first-order chi connectivity index (χ1) is 12.6. The van der Waals surface area contributed by atoms with Gasteiger partial charge in [-0.2, -0.15) is 0 Å². The van der Waals surface area contributed by atoms with E-state index < -0.39 is 0 Å². The van der Waals surface area contributed by atoms with Gasteiger partial charge in [0.25, 0.3) is 0 Å². The van der Waals surface area contributed by atoms with E-state index in [2.05, 4.69) is 32.2 Å². The number of likely N-dealkylation sites (N-methyl/N-ethyl adjacent to an activating group) is 1. The van der Waals surface area contributed by atoms with E-state index in [-0.39, 0.29) is 5.82 Å². The summed E-state index contributed by atoms with van der Waals surface area (Å²) in [7, 11) is 2.29. The zero-order chi connectivity index (χ0) is 18.1. The van der Waals surface area contributed by atoms with Gasteiger partial charge in [-0.15, -0.1) is 11.8 Å². The number of rotatable bonds is 3. The van der Waals surface area contributed by atoms with Crippen molar-refractivity contribution < 1.29 is 14.2 Å². The Bertz CT molecular complexity index is 788. The van der Waals surface area contributed by atoms with Crippen LogP contribution in [0.15, 0.2) is 51.1 Å². The number of thioether (sulfide) groups is 1. The molecular weight excluding hydrogens is 363 g/mol. The molecule has 0 bridgehead atoms. The maximum absolute atomic E-state index is 13.8. The van der Waals surface area contributed by atoms with E-state index in [1.54, 1.807) is 33.7 Å². The van der Waals surface area contributed by atoms with Crippen molar-refractivity contribution in [2.24, 2.45) is 0 Å². The zero-order valence-electron chi connectivity index (χ0n) is 15.5. The molecule has 0 saturated carbocycles. The van der Waals surface area contributed by atoms with Crippen LogP contribution in [0.3, 0.4) is 0 Å². The second-order valence-electron chi connectivity index (χ2n) is 7.36. The maximum atomic E-state index is 13.8. The van der Waals surface area contributed by atoms with Gasteiger partial charge in [0.15, 0.2) is 0 Å². The molecule has 1 fully saturated rings. The summed E-state index contributed by atoms with van der Waals surface area (Å²) < 4.78 is 13.8. The summed E-state index contributed by atoms with van der Waals surface area (Å²) in [6.45, 7) is 7.09. The van der Waals surface area contributed by atoms with Crippen LogP contribution >= 0.6 is 23.5 Å². The SMILES string of the molecule is CCSc1ccc2c(c1)[C@@H]([NH+]1CC[NH+](C)CC1)Cc1ccc(F)cc1S2. The molecule has 1 atom stereocenters. The second kappa shape index (κ2) is 7.93. The Morgan fingerprint density at radius 3 is 2.65 bits per heavy atom. The summed E-state index contributed by atoms with van der Waals surface area (Å²) in [5.41, 5.74) is 2.75. The minimum atomic E-state index is -0.134. The smallest absolute Gasteiger partial charge is 0.127 e. The molecule has 138 valence electrons. The summed E-state index contributed by atoms with van der Waals surface area (Å²) in [4.78, 5) is 7.07. The van der Waals surface area contributed by atoms with Crippen LogP contribution in [0.1, 0.15) is 24.1 Å². The molecule has 2 aliphatic rings. The van der Waals surface area contributed by atoms with Crippen molar-refractivity contribution >= 4 is 23.5 Å². The molecule has 0 aromatic heterocycles. The van der Waals surface area contributed by atoms with Crippen LogP contribution < -0.4 is 9.80 Å². The number of halogens is 1. The highest BCUT2D eigenvalue weighted by Gasteiger charge is 2.33. The molecule has 2 aromatic carbocycles. The van der Waals surface area contributed by atoms with Crippen LogP contribution in [-0.2, 0) is 6.42 Å². The average Bonchev–Trinajstić information content (AvgIpc) is 2.79. The third-order valence-electron chi connectivity index (χ3n) is 5.58. The Kier molecular flexibility index (Phi) is 5.60. The molecule has 2 N–H and O–H groups in total. The van der Waals surface area contributed by atoms with Gasteiger partial charge in [0.2, 0.25) is 0 Å². The van der Waals surface area contributed by atoms with Gasteiger partial charge in [-0.1, -0.05) is 24.8 Å². The molecule has 2 aromatic rings. The number of nitrogens with one attached hydrogen (secondary N) is 2. The van der Waals surface area contributed by atoms with Crippen molar-refractivity contribution in [3.05, 3.63) is 53.3 Å². The molecule has 2 aliphatic heterocycles. The number of fused-ring (bicyclic) bond motifs is 2. The monoisotopic (exact) mass is 390 g/mol. The van der Waals surface area contributed by atoms with Crippen LogP contribution in [0.4, 0.5) is 4.39 Å². The van der Waals surface area contributed by atoms with Crippen LogP contribution in [0.25, 0.3) is 0 Å². The Morgan fingerprint density at radius 1 is 1.08 bits per heavy atom. The Hall–Kier alpha value is -1.01. The van der Waals surface area contributed by atoms with Gasteiger partial charge in [0, 0.05) is 26.7 Å². The highest BCUT2D eigenvalue weighted by atomic mass is 32.2. The first-order valence-electron chi connectivity index (χ1n) is 9.53. The predicted octanol–water partition coefficient (Wildman–Crippen LogP) is 2.10. The minimum Gasteiger partial charge on any atom is -0.328 e. The standard InChI is InChI=1S/C21H25FN2S2/c1-3-25-17-6-7-20-18(14-17)19(24-10-8-23(2)9-11-24)12-15-4-5-16(22)13-21(15)26-20/h4-7,13-14,19H,3,8-12H2,1-2H3/p+2/t19-/m0/s1. The molecule has 0 aliphatic carbocycles. The van der Waals surface area contributed by atoms with Gasteiger partial charge in [-0.25, -0.2) is 4.39 Å². The topological polar surface area (TPSA) is 8.88 Å². The summed E-state index contributed by atoms with van der Waals surface area (Å²) in [5.74, 6) is 0.956. The van der Waals surface area contributed by atoms with E-state index >= 15 is 0 Å². The summed E-state index contributed by atoms with van der Waals surface area (Å²) in [6, 6.07) is 12.7. The Labute approximate surface area is 164 Å². The zero-order valence-corrected chi connectivity index (χ0v) is 17.1. The van der Waals surface area contributed by atoms with E-state index in [0.717, 1.165) is 17.1 Å². The summed E-state index contributed by atoms with van der Waals surface area (Å²) >= 11 is 3.65. The Balaban J connectivity index is 1.75. The predicted molar refractivity (Wildman–Crippen MR) is 107 cm³/mol. The largest absolute Gasteiger partial charge is 0.328 e. The lowest BCUT2D eigenvalue weighted by Gasteiger charge is -2.33. The molecule has 0 radical (unpaired) electrons. The van der Waals surface area contributed by atoms with Crippen molar-refractivity contribution in [2.45, 2.75) is 34.1 Å². The minimum absolute atomic E-state index is 0.134. The van der Waals surface area contributed by atoms with Crippen molar-refractivity contribution in [3.8, 4) is 0 Å². The number of quaternary nitrogens is 2. The fourth-order valence-corrected chi connectivity index (χ4v) is 5.95. The van der Waals surface area contributed by atoms with Gasteiger partial charge in [0.05, 0.1) is 7.05 Å². The van der Waals surface area contributed by atoms with Crippen molar-refractivity contribution in [1.82, 2.24) is 0 Å². The van der Waals surface area contributed by atoms with E-state index in [1.165, 1.54) is 47.1 Å². The maximum Gasteiger partial charge on any atom is 0.127 e. The molecule has 2 heterocycles. The quantitative estimate of drug-likeness (QED) is 0.777. The highest BCUT2D eigenvalue weighted by molar-refractivity contribution is 7.99. The highest BCUT2D eigenvalue weighted by Crippen LogP contribution is 2.41. The molecule has 5 heteroatoms. The average molecular weight is 391 g/mol. The van der Waals surface area contributed by atoms with Gasteiger partial charge in [0.1, 0.15) is 38.0 Å². The number of benzene rings is 2. The first kappa shape index (κ1) is 18.4. The van der Waals surface area contributed by atoms with E-state index in [4.69, 9.17) is 0 Å². The van der Waals surface area contributed by atoms with Crippen LogP contribution in [0, 0.1) is 5.82 Å². The van der Waals surface area contributed by atoms with Crippen molar-refractivity contribution in [3.63, 3.8) is 0 Å². The third kappa shape index (κ3) is 3.81. The molecule has 26 heavy (non-hydrogen) atoms. The van der Waals surface area contributed by atoms with Crippen LogP contribution in [0.5, 0.6) is 0 Å². The van der Waals surface area contributed by atoms with Crippen molar-refractivity contribution in [1.29, 1.82) is 0 Å². The lowest BCUT2D eigenvalue weighted by Crippen LogP contribution is -3.27. The number of piperazine rings is 1. The van der Waals surface area contributed by atoms with Gasteiger partial charge < -0.3 is 9.80 Å². The van der Waals surface area contributed by atoms with Gasteiger partial charge in [-0.3, -0.25) is 0 Å².